The van der Waals surface area contributed by atoms with Gasteiger partial charge in [-0.25, -0.2) is 0 Å². The van der Waals surface area contributed by atoms with Crippen molar-refractivity contribution < 1.29 is 14.6 Å². The van der Waals surface area contributed by atoms with E-state index in [1.807, 2.05) is 25.1 Å². The van der Waals surface area contributed by atoms with Gasteiger partial charge in [0.05, 0.1) is 20.3 Å². The second-order valence-electron chi connectivity index (χ2n) is 5.42. The first-order chi connectivity index (χ1) is 9.73. The summed E-state index contributed by atoms with van der Waals surface area (Å²) in [4.78, 5) is 0. The zero-order valence-electron chi connectivity index (χ0n) is 12.4. The van der Waals surface area contributed by atoms with Gasteiger partial charge in [0.15, 0.2) is 11.5 Å². The van der Waals surface area contributed by atoms with Crippen LogP contribution in [0.15, 0.2) is 18.2 Å². The molecular weight excluding hydrogens is 254 g/mol. The van der Waals surface area contributed by atoms with E-state index in [4.69, 9.17) is 9.47 Å². The Balaban J connectivity index is 2.02. The molecule has 0 bridgehead atoms. The highest BCUT2D eigenvalue weighted by atomic mass is 16.5. The van der Waals surface area contributed by atoms with Crippen LogP contribution in [0.4, 0.5) is 0 Å². The molecule has 1 aromatic rings. The van der Waals surface area contributed by atoms with Gasteiger partial charge < -0.3 is 19.9 Å². The lowest BCUT2D eigenvalue weighted by molar-refractivity contribution is 0.163. The smallest absolute Gasteiger partial charge is 0.161 e. The first-order valence-corrected chi connectivity index (χ1v) is 7.38. The molecule has 1 aromatic carbocycles. The van der Waals surface area contributed by atoms with Crippen LogP contribution in [0.3, 0.4) is 0 Å². The van der Waals surface area contributed by atoms with Gasteiger partial charge >= 0.3 is 0 Å². The maximum absolute atomic E-state index is 9.60. The standard InChI is InChI=1S/C16H25NO3/c1-3-20-14-7-6-13(10-15(14)19-2)11-17-16(12-18)8-4-5-9-16/h6-7,10,17-18H,3-5,8-9,11-12H2,1-2H3. The van der Waals surface area contributed by atoms with Crippen LogP contribution < -0.4 is 14.8 Å². The minimum atomic E-state index is -0.0914. The lowest BCUT2D eigenvalue weighted by Gasteiger charge is -2.28. The van der Waals surface area contributed by atoms with Crippen LogP contribution in [-0.2, 0) is 6.54 Å². The molecule has 1 saturated carbocycles. The molecule has 0 amide bonds. The van der Waals surface area contributed by atoms with Crippen LogP contribution in [0.25, 0.3) is 0 Å². The Labute approximate surface area is 121 Å². The molecule has 0 saturated heterocycles. The zero-order chi connectivity index (χ0) is 14.4. The SMILES string of the molecule is CCOc1ccc(CNC2(CO)CCCC2)cc1OC. The fourth-order valence-electron chi connectivity index (χ4n) is 2.83. The zero-order valence-corrected chi connectivity index (χ0v) is 12.4. The summed E-state index contributed by atoms with van der Waals surface area (Å²) < 4.78 is 10.9. The van der Waals surface area contributed by atoms with Gasteiger partial charge in [-0.05, 0) is 37.5 Å². The third-order valence-corrected chi connectivity index (χ3v) is 4.06. The second-order valence-corrected chi connectivity index (χ2v) is 5.42. The molecule has 0 atom stereocenters. The van der Waals surface area contributed by atoms with Crippen molar-refractivity contribution in [1.82, 2.24) is 5.32 Å². The Hall–Kier alpha value is -1.26. The molecule has 0 aliphatic heterocycles. The molecule has 1 aliphatic carbocycles. The van der Waals surface area contributed by atoms with Gasteiger partial charge in [-0.1, -0.05) is 18.9 Å². The number of benzene rings is 1. The Kier molecular flexibility index (Phi) is 5.26. The van der Waals surface area contributed by atoms with Crippen molar-refractivity contribution in [3.05, 3.63) is 23.8 Å². The Morgan fingerprint density at radius 2 is 2.00 bits per heavy atom. The van der Waals surface area contributed by atoms with E-state index in [0.29, 0.717) is 6.61 Å². The number of hydrogen-bond donors (Lipinski definition) is 2. The molecule has 1 fully saturated rings. The van der Waals surface area contributed by atoms with Gasteiger partial charge in [0, 0.05) is 12.1 Å². The fraction of sp³-hybridized carbons (Fsp3) is 0.625. The van der Waals surface area contributed by atoms with Crippen LogP contribution in [-0.4, -0.2) is 31.0 Å². The molecule has 112 valence electrons. The topological polar surface area (TPSA) is 50.7 Å². The molecule has 4 heteroatoms. The number of rotatable bonds is 7. The van der Waals surface area contributed by atoms with E-state index < -0.39 is 0 Å². The molecule has 0 aromatic heterocycles. The van der Waals surface area contributed by atoms with Crippen molar-refractivity contribution in [2.24, 2.45) is 0 Å². The van der Waals surface area contributed by atoms with E-state index in [9.17, 15) is 5.11 Å². The molecule has 2 N–H and O–H groups in total. The second kappa shape index (κ2) is 6.95. The van der Waals surface area contributed by atoms with E-state index in [2.05, 4.69) is 5.32 Å². The van der Waals surface area contributed by atoms with Crippen LogP contribution >= 0.6 is 0 Å². The van der Waals surface area contributed by atoms with Gasteiger partial charge in [-0.2, -0.15) is 0 Å². The Morgan fingerprint density at radius 3 is 2.60 bits per heavy atom. The van der Waals surface area contributed by atoms with E-state index in [-0.39, 0.29) is 12.1 Å². The van der Waals surface area contributed by atoms with E-state index >= 15 is 0 Å². The molecule has 0 heterocycles. The highest BCUT2D eigenvalue weighted by molar-refractivity contribution is 5.43. The number of methoxy groups -OCH3 is 1. The number of ether oxygens (including phenoxy) is 2. The normalized spacial score (nSPS) is 17.1. The number of aliphatic hydroxyl groups excluding tert-OH is 1. The van der Waals surface area contributed by atoms with Crippen molar-refractivity contribution in [2.45, 2.75) is 44.7 Å². The summed E-state index contributed by atoms with van der Waals surface area (Å²) in [7, 11) is 1.65. The third-order valence-electron chi connectivity index (χ3n) is 4.06. The molecule has 4 nitrogen and oxygen atoms in total. The fourth-order valence-corrected chi connectivity index (χ4v) is 2.83. The minimum Gasteiger partial charge on any atom is -0.493 e. The van der Waals surface area contributed by atoms with Gasteiger partial charge in [0.1, 0.15) is 0 Å². The lowest BCUT2D eigenvalue weighted by atomic mass is 9.98. The summed E-state index contributed by atoms with van der Waals surface area (Å²) in [5, 5.41) is 13.1. The summed E-state index contributed by atoms with van der Waals surface area (Å²) in [6.45, 7) is 3.53. The Morgan fingerprint density at radius 1 is 1.25 bits per heavy atom. The van der Waals surface area contributed by atoms with Gasteiger partial charge in [-0.3, -0.25) is 0 Å². The average Bonchev–Trinajstić information content (AvgIpc) is 2.96. The summed E-state index contributed by atoms with van der Waals surface area (Å²) in [6, 6.07) is 5.98. The quantitative estimate of drug-likeness (QED) is 0.805. The molecule has 0 radical (unpaired) electrons. The largest absolute Gasteiger partial charge is 0.493 e. The van der Waals surface area contributed by atoms with E-state index in [1.165, 1.54) is 12.8 Å². The predicted octanol–water partition coefficient (Wildman–Crippen LogP) is 2.49. The van der Waals surface area contributed by atoms with Crippen molar-refractivity contribution >= 4 is 0 Å². The summed E-state index contributed by atoms with van der Waals surface area (Å²) in [5.41, 5.74) is 1.05. The third kappa shape index (κ3) is 3.44. The number of nitrogens with one attached hydrogen (secondary N) is 1. The van der Waals surface area contributed by atoms with Gasteiger partial charge in [0.2, 0.25) is 0 Å². The first-order valence-electron chi connectivity index (χ1n) is 7.38. The van der Waals surface area contributed by atoms with Crippen molar-refractivity contribution in [3.63, 3.8) is 0 Å². The molecule has 0 unspecified atom stereocenters. The van der Waals surface area contributed by atoms with Gasteiger partial charge in [0.25, 0.3) is 0 Å². The van der Waals surface area contributed by atoms with Crippen LogP contribution in [0.1, 0.15) is 38.2 Å². The van der Waals surface area contributed by atoms with Crippen LogP contribution in [0.5, 0.6) is 11.5 Å². The van der Waals surface area contributed by atoms with Crippen molar-refractivity contribution in [1.29, 1.82) is 0 Å². The van der Waals surface area contributed by atoms with E-state index in [1.54, 1.807) is 7.11 Å². The average molecular weight is 279 g/mol. The molecule has 0 spiro atoms. The van der Waals surface area contributed by atoms with Crippen molar-refractivity contribution in [2.75, 3.05) is 20.3 Å². The van der Waals surface area contributed by atoms with Crippen LogP contribution in [0, 0.1) is 0 Å². The number of aliphatic hydroxyl groups is 1. The highest BCUT2D eigenvalue weighted by Crippen LogP contribution is 2.31. The summed E-state index contributed by atoms with van der Waals surface area (Å²) in [5.74, 6) is 1.53. The predicted molar refractivity (Wildman–Crippen MR) is 79.3 cm³/mol. The van der Waals surface area contributed by atoms with Crippen LogP contribution in [0.2, 0.25) is 0 Å². The maximum atomic E-state index is 9.60. The number of hydrogen-bond acceptors (Lipinski definition) is 4. The van der Waals surface area contributed by atoms with Crippen molar-refractivity contribution in [3.8, 4) is 11.5 Å². The molecule has 1 aliphatic rings. The maximum Gasteiger partial charge on any atom is 0.161 e. The Bertz CT molecular complexity index is 428. The van der Waals surface area contributed by atoms with E-state index in [0.717, 1.165) is 36.4 Å². The highest BCUT2D eigenvalue weighted by Gasteiger charge is 2.32. The molecule has 2 rings (SSSR count). The summed E-state index contributed by atoms with van der Waals surface area (Å²) >= 11 is 0. The van der Waals surface area contributed by atoms with Gasteiger partial charge in [-0.15, -0.1) is 0 Å². The molecular formula is C16H25NO3. The summed E-state index contributed by atoms with van der Waals surface area (Å²) in [6.07, 6.45) is 4.50. The lowest BCUT2D eigenvalue weighted by Crippen LogP contribution is -2.45. The minimum absolute atomic E-state index is 0.0914. The molecule has 20 heavy (non-hydrogen) atoms. The monoisotopic (exact) mass is 279 g/mol. The first kappa shape index (κ1) is 15.1.